The van der Waals surface area contributed by atoms with Crippen LogP contribution in [0, 0.1) is 5.92 Å². The SMILES string of the molecule is C=CCCCCCCOc1ccc(-c2ncc(OCC(C)CC)cn2)cc1. The van der Waals surface area contributed by atoms with Crippen LogP contribution >= 0.6 is 0 Å². The van der Waals surface area contributed by atoms with Gasteiger partial charge in [0.05, 0.1) is 25.6 Å². The van der Waals surface area contributed by atoms with Gasteiger partial charge in [0.15, 0.2) is 11.6 Å². The molecular formula is C23H32N2O2. The van der Waals surface area contributed by atoms with Crippen molar-refractivity contribution in [2.75, 3.05) is 13.2 Å². The van der Waals surface area contributed by atoms with Gasteiger partial charge in [-0.3, -0.25) is 0 Å². The fraction of sp³-hybridized carbons (Fsp3) is 0.478. The van der Waals surface area contributed by atoms with E-state index in [0.717, 1.165) is 37.2 Å². The largest absolute Gasteiger partial charge is 0.494 e. The second-order valence-corrected chi connectivity index (χ2v) is 6.93. The van der Waals surface area contributed by atoms with Gasteiger partial charge in [0, 0.05) is 5.56 Å². The first-order chi connectivity index (χ1) is 13.2. The van der Waals surface area contributed by atoms with Crippen molar-refractivity contribution in [2.24, 2.45) is 5.92 Å². The highest BCUT2D eigenvalue weighted by atomic mass is 16.5. The summed E-state index contributed by atoms with van der Waals surface area (Å²) in [6.07, 6.45) is 12.4. The van der Waals surface area contributed by atoms with Crippen LogP contribution in [0.1, 0.15) is 52.4 Å². The number of benzene rings is 1. The number of aromatic nitrogens is 2. The van der Waals surface area contributed by atoms with Gasteiger partial charge >= 0.3 is 0 Å². The Morgan fingerprint density at radius 3 is 2.33 bits per heavy atom. The Bertz CT molecular complexity index is 653. The van der Waals surface area contributed by atoms with Gasteiger partial charge in [0.25, 0.3) is 0 Å². The molecule has 0 aliphatic carbocycles. The van der Waals surface area contributed by atoms with Crippen LogP contribution in [0.25, 0.3) is 11.4 Å². The molecule has 0 aliphatic heterocycles. The molecule has 0 fully saturated rings. The van der Waals surface area contributed by atoms with E-state index in [-0.39, 0.29) is 0 Å². The van der Waals surface area contributed by atoms with Crippen molar-refractivity contribution >= 4 is 0 Å². The third-order valence-electron chi connectivity index (χ3n) is 4.54. The molecular weight excluding hydrogens is 336 g/mol. The van der Waals surface area contributed by atoms with Gasteiger partial charge in [-0.25, -0.2) is 9.97 Å². The molecule has 2 aromatic rings. The normalized spacial score (nSPS) is 11.8. The van der Waals surface area contributed by atoms with Gasteiger partial charge < -0.3 is 9.47 Å². The molecule has 1 aromatic heterocycles. The number of hydrogen-bond acceptors (Lipinski definition) is 4. The lowest BCUT2D eigenvalue weighted by atomic mass is 10.1. The summed E-state index contributed by atoms with van der Waals surface area (Å²) in [5.74, 6) is 2.83. The van der Waals surface area contributed by atoms with E-state index >= 15 is 0 Å². The van der Waals surface area contributed by atoms with Crippen molar-refractivity contribution in [1.82, 2.24) is 9.97 Å². The first-order valence-corrected chi connectivity index (χ1v) is 10.0. The Balaban J connectivity index is 1.76. The van der Waals surface area contributed by atoms with E-state index in [0.29, 0.717) is 24.1 Å². The molecule has 1 aromatic carbocycles. The summed E-state index contributed by atoms with van der Waals surface area (Å²) in [6, 6.07) is 7.94. The molecule has 0 N–H and O–H groups in total. The van der Waals surface area contributed by atoms with Crippen LogP contribution in [0.15, 0.2) is 49.3 Å². The fourth-order valence-corrected chi connectivity index (χ4v) is 2.53. The minimum Gasteiger partial charge on any atom is -0.494 e. The Hall–Kier alpha value is -2.36. The van der Waals surface area contributed by atoms with Crippen molar-refractivity contribution in [1.29, 1.82) is 0 Å². The smallest absolute Gasteiger partial charge is 0.159 e. The van der Waals surface area contributed by atoms with E-state index < -0.39 is 0 Å². The number of nitrogens with zero attached hydrogens (tertiary/aromatic N) is 2. The summed E-state index contributed by atoms with van der Waals surface area (Å²) in [5.41, 5.74) is 0.972. The Kier molecular flexibility index (Phi) is 9.39. The molecule has 0 amide bonds. The van der Waals surface area contributed by atoms with Crippen LogP contribution in [0.2, 0.25) is 0 Å². The van der Waals surface area contributed by atoms with Crippen molar-refractivity contribution in [2.45, 2.75) is 52.4 Å². The molecule has 4 heteroatoms. The van der Waals surface area contributed by atoms with E-state index in [1.165, 1.54) is 19.3 Å². The van der Waals surface area contributed by atoms with Gasteiger partial charge in [-0.2, -0.15) is 0 Å². The zero-order chi connectivity index (χ0) is 19.3. The van der Waals surface area contributed by atoms with E-state index in [2.05, 4.69) is 30.4 Å². The molecule has 146 valence electrons. The molecule has 0 aliphatic rings. The zero-order valence-corrected chi connectivity index (χ0v) is 16.7. The first-order valence-electron chi connectivity index (χ1n) is 10.0. The number of rotatable bonds is 13. The maximum Gasteiger partial charge on any atom is 0.159 e. The zero-order valence-electron chi connectivity index (χ0n) is 16.7. The molecule has 1 unspecified atom stereocenters. The number of hydrogen-bond donors (Lipinski definition) is 0. The Morgan fingerprint density at radius 1 is 0.963 bits per heavy atom. The number of allylic oxidation sites excluding steroid dienone is 1. The fourth-order valence-electron chi connectivity index (χ4n) is 2.53. The van der Waals surface area contributed by atoms with Crippen molar-refractivity contribution in [3.63, 3.8) is 0 Å². The predicted octanol–water partition coefficient (Wildman–Crippen LogP) is 6.08. The quantitative estimate of drug-likeness (QED) is 0.317. The van der Waals surface area contributed by atoms with Gasteiger partial charge in [-0.1, -0.05) is 39.2 Å². The predicted molar refractivity (Wildman–Crippen MR) is 111 cm³/mol. The summed E-state index contributed by atoms with van der Waals surface area (Å²) >= 11 is 0. The molecule has 2 rings (SSSR count). The van der Waals surface area contributed by atoms with Crippen molar-refractivity contribution in [3.8, 4) is 22.9 Å². The molecule has 1 heterocycles. The Morgan fingerprint density at radius 2 is 1.67 bits per heavy atom. The average Bonchev–Trinajstić information content (AvgIpc) is 2.72. The maximum absolute atomic E-state index is 5.81. The standard InChI is InChI=1S/C23H32N2O2/c1-4-6-7-8-9-10-15-26-21-13-11-20(12-14-21)23-24-16-22(17-25-23)27-18-19(3)5-2/h4,11-14,16-17,19H,1,5-10,15,18H2,2-3H3. The van der Waals surface area contributed by atoms with Crippen LogP contribution in [0.3, 0.4) is 0 Å². The molecule has 0 saturated carbocycles. The summed E-state index contributed by atoms with van der Waals surface area (Å²) in [4.78, 5) is 8.82. The van der Waals surface area contributed by atoms with E-state index in [4.69, 9.17) is 9.47 Å². The first kappa shape index (κ1) is 20.9. The minimum absolute atomic E-state index is 0.532. The van der Waals surface area contributed by atoms with Gasteiger partial charge in [0.2, 0.25) is 0 Å². The summed E-state index contributed by atoms with van der Waals surface area (Å²) < 4.78 is 11.5. The maximum atomic E-state index is 5.81. The van der Waals surface area contributed by atoms with Gasteiger partial charge in [0.1, 0.15) is 5.75 Å². The Labute approximate surface area is 163 Å². The second-order valence-electron chi connectivity index (χ2n) is 6.93. The lowest BCUT2D eigenvalue weighted by molar-refractivity contribution is 0.255. The summed E-state index contributed by atoms with van der Waals surface area (Å²) in [5, 5.41) is 0. The van der Waals surface area contributed by atoms with Crippen molar-refractivity contribution < 1.29 is 9.47 Å². The molecule has 0 bridgehead atoms. The third-order valence-corrected chi connectivity index (χ3v) is 4.54. The van der Waals surface area contributed by atoms with Crippen LogP contribution in [-0.4, -0.2) is 23.2 Å². The van der Waals surface area contributed by atoms with E-state index in [9.17, 15) is 0 Å². The van der Waals surface area contributed by atoms with Crippen LogP contribution in [0.4, 0.5) is 0 Å². The highest BCUT2D eigenvalue weighted by Gasteiger charge is 2.05. The minimum atomic E-state index is 0.532. The van der Waals surface area contributed by atoms with Crippen LogP contribution in [0.5, 0.6) is 11.5 Å². The average molecular weight is 369 g/mol. The van der Waals surface area contributed by atoms with Gasteiger partial charge in [-0.15, -0.1) is 6.58 Å². The number of unbranched alkanes of at least 4 members (excludes halogenated alkanes) is 4. The topological polar surface area (TPSA) is 44.2 Å². The molecule has 1 atom stereocenters. The van der Waals surface area contributed by atoms with Crippen molar-refractivity contribution in [3.05, 3.63) is 49.3 Å². The highest BCUT2D eigenvalue weighted by molar-refractivity contribution is 5.56. The second kappa shape index (κ2) is 12.1. The van der Waals surface area contributed by atoms with E-state index in [1.54, 1.807) is 12.4 Å². The molecule has 27 heavy (non-hydrogen) atoms. The lowest BCUT2D eigenvalue weighted by Gasteiger charge is -2.10. The molecule has 0 radical (unpaired) electrons. The summed E-state index contributed by atoms with van der Waals surface area (Å²) in [7, 11) is 0. The molecule has 0 spiro atoms. The van der Waals surface area contributed by atoms with Crippen LogP contribution < -0.4 is 9.47 Å². The van der Waals surface area contributed by atoms with Crippen LogP contribution in [-0.2, 0) is 0 Å². The lowest BCUT2D eigenvalue weighted by Crippen LogP contribution is -2.07. The molecule has 0 saturated heterocycles. The van der Waals surface area contributed by atoms with E-state index in [1.807, 2.05) is 30.3 Å². The molecule has 4 nitrogen and oxygen atoms in total. The van der Waals surface area contributed by atoms with Gasteiger partial charge in [-0.05, 0) is 49.4 Å². The monoisotopic (exact) mass is 368 g/mol. The summed E-state index contributed by atoms with van der Waals surface area (Å²) in [6.45, 7) is 9.52. The third kappa shape index (κ3) is 7.81. The number of ether oxygens (including phenoxy) is 2. The highest BCUT2D eigenvalue weighted by Crippen LogP contribution is 2.21.